The van der Waals surface area contributed by atoms with Gasteiger partial charge >= 0.3 is 0 Å². The van der Waals surface area contributed by atoms with Gasteiger partial charge in [-0.1, -0.05) is 17.4 Å². The van der Waals surface area contributed by atoms with E-state index in [1.165, 1.54) is 54.7 Å². The highest BCUT2D eigenvalue weighted by Crippen LogP contribution is 2.40. The number of benzene rings is 2. The first-order valence-electron chi connectivity index (χ1n) is 10.4. The van der Waals surface area contributed by atoms with Crippen LogP contribution in [0, 0.1) is 0 Å². The summed E-state index contributed by atoms with van der Waals surface area (Å²) >= 11 is 1.22. The second-order valence-electron chi connectivity index (χ2n) is 7.42. The number of amides is 1. The number of hydrogen-bond acceptors (Lipinski definition) is 9. The highest BCUT2D eigenvalue weighted by molar-refractivity contribution is 7.92. The Morgan fingerprint density at radius 1 is 0.971 bits per heavy atom. The smallest absolute Gasteiger partial charge is 0.244 e. The van der Waals surface area contributed by atoms with Crippen LogP contribution in [0.15, 0.2) is 65.8 Å². The number of hydrogen-bond donors (Lipinski definition) is 0. The zero-order chi connectivity index (χ0) is 25.0. The van der Waals surface area contributed by atoms with Gasteiger partial charge < -0.3 is 14.2 Å². The number of fused-ring (bicyclic) bond motifs is 1. The lowest BCUT2D eigenvalue weighted by Crippen LogP contribution is -2.35. The number of methoxy groups -OCH3 is 3. The molecule has 0 bridgehead atoms. The van der Waals surface area contributed by atoms with Crippen LogP contribution in [0.1, 0.15) is 5.56 Å². The predicted molar refractivity (Wildman–Crippen MR) is 133 cm³/mol. The number of rotatable bonds is 9. The minimum atomic E-state index is -3.92. The minimum Gasteiger partial charge on any atom is -0.497 e. The van der Waals surface area contributed by atoms with Crippen molar-refractivity contribution >= 4 is 42.4 Å². The Morgan fingerprint density at radius 2 is 1.69 bits per heavy atom. The van der Waals surface area contributed by atoms with Crippen LogP contribution < -0.4 is 19.1 Å². The van der Waals surface area contributed by atoms with E-state index in [0.29, 0.717) is 32.6 Å². The van der Waals surface area contributed by atoms with E-state index >= 15 is 0 Å². The van der Waals surface area contributed by atoms with Gasteiger partial charge in [0.05, 0.1) is 32.8 Å². The first-order chi connectivity index (χ1) is 16.9. The molecule has 2 aromatic carbocycles. The molecule has 0 saturated carbocycles. The number of carbonyl (C=O) groups excluding carboxylic acids is 1. The van der Waals surface area contributed by atoms with Crippen molar-refractivity contribution in [2.45, 2.75) is 11.4 Å². The number of ether oxygens (including phenoxy) is 3. The van der Waals surface area contributed by atoms with E-state index in [4.69, 9.17) is 14.2 Å². The fourth-order valence-electron chi connectivity index (χ4n) is 3.43. The maximum atomic E-state index is 13.5. The number of aromatic nitrogens is 2. The molecule has 0 unspecified atom stereocenters. The molecule has 2 aromatic heterocycles. The molecule has 0 spiro atoms. The molecule has 4 rings (SSSR count). The third kappa shape index (κ3) is 5.20. The van der Waals surface area contributed by atoms with E-state index in [-0.39, 0.29) is 11.4 Å². The van der Waals surface area contributed by atoms with Crippen LogP contribution in [0.4, 0.5) is 5.13 Å². The summed E-state index contributed by atoms with van der Waals surface area (Å²) in [5, 5.41) is 0.321. The Labute approximate surface area is 206 Å². The summed E-state index contributed by atoms with van der Waals surface area (Å²) in [5.41, 5.74) is 1.25. The zero-order valence-corrected chi connectivity index (χ0v) is 20.9. The number of thiazole rings is 1. The monoisotopic (exact) mass is 513 g/mol. The van der Waals surface area contributed by atoms with Gasteiger partial charge in [-0.3, -0.25) is 14.7 Å². The van der Waals surface area contributed by atoms with Crippen molar-refractivity contribution in [3.63, 3.8) is 0 Å². The van der Waals surface area contributed by atoms with Crippen molar-refractivity contribution in [3.8, 4) is 17.2 Å². The van der Waals surface area contributed by atoms with Gasteiger partial charge in [0, 0.05) is 12.4 Å². The average molecular weight is 514 g/mol. The summed E-state index contributed by atoms with van der Waals surface area (Å²) in [7, 11) is 0.641. The van der Waals surface area contributed by atoms with E-state index in [9.17, 15) is 13.2 Å². The van der Waals surface area contributed by atoms with E-state index < -0.39 is 21.5 Å². The number of anilines is 1. The summed E-state index contributed by atoms with van der Waals surface area (Å²) in [6.45, 7) is 0.0925. The first-order valence-corrected chi connectivity index (χ1v) is 12.9. The molecule has 0 atom stereocenters. The first kappa shape index (κ1) is 24.4. The Bertz CT molecular complexity index is 1400. The van der Waals surface area contributed by atoms with Crippen molar-refractivity contribution < 1.29 is 27.4 Å². The van der Waals surface area contributed by atoms with E-state index in [0.717, 1.165) is 5.56 Å². The molecular weight excluding hydrogens is 490 g/mol. The Kier molecular flexibility index (Phi) is 7.17. The zero-order valence-electron chi connectivity index (χ0n) is 19.3. The molecule has 0 aliphatic rings. The molecule has 2 heterocycles. The molecule has 0 N–H and O–H groups in total. The quantitative estimate of drug-likeness (QED) is 0.333. The third-order valence-corrected chi connectivity index (χ3v) is 7.94. The van der Waals surface area contributed by atoms with Gasteiger partial charge in [0.25, 0.3) is 0 Å². The van der Waals surface area contributed by atoms with E-state index in [1.807, 2.05) is 0 Å². The second-order valence-corrected chi connectivity index (χ2v) is 10.4. The lowest BCUT2D eigenvalue weighted by molar-refractivity contribution is -0.116. The van der Waals surface area contributed by atoms with Crippen LogP contribution in [0.25, 0.3) is 10.2 Å². The van der Waals surface area contributed by atoms with Crippen LogP contribution in [-0.4, -0.2) is 51.4 Å². The van der Waals surface area contributed by atoms with Crippen LogP contribution in [-0.2, 0) is 21.2 Å². The molecule has 9 nitrogen and oxygen atoms in total. The lowest BCUT2D eigenvalue weighted by atomic mass is 10.2. The standard InChI is InChI=1S/C24H23N3O6S2/c1-31-17-6-8-18(9-7-17)35(29,30)15-21(28)27(14-16-5-4-12-25-13-16)24-26-22-19(32-2)10-11-20(33-3)23(22)34-24/h4-13H,14-15H2,1-3H3. The van der Waals surface area contributed by atoms with Gasteiger partial charge in [-0.2, -0.15) is 0 Å². The van der Waals surface area contributed by atoms with Crippen molar-refractivity contribution in [2.75, 3.05) is 32.0 Å². The van der Waals surface area contributed by atoms with Crippen molar-refractivity contribution in [3.05, 3.63) is 66.5 Å². The molecule has 11 heteroatoms. The van der Waals surface area contributed by atoms with E-state index in [1.54, 1.807) is 43.8 Å². The van der Waals surface area contributed by atoms with E-state index in [2.05, 4.69) is 9.97 Å². The van der Waals surface area contributed by atoms with Gasteiger partial charge in [0.2, 0.25) is 5.91 Å². The second kappa shape index (κ2) is 10.3. The molecule has 0 aliphatic heterocycles. The molecule has 0 fully saturated rings. The highest BCUT2D eigenvalue weighted by Gasteiger charge is 2.28. The molecule has 1 amide bonds. The summed E-state index contributed by atoms with van der Waals surface area (Å²) in [5.74, 6) is 0.253. The SMILES string of the molecule is COc1ccc(S(=O)(=O)CC(=O)N(Cc2cccnc2)c2nc3c(OC)ccc(OC)c3s2)cc1. The van der Waals surface area contributed by atoms with Gasteiger partial charge in [-0.25, -0.2) is 13.4 Å². The lowest BCUT2D eigenvalue weighted by Gasteiger charge is -2.20. The van der Waals surface area contributed by atoms with Crippen molar-refractivity contribution in [2.24, 2.45) is 0 Å². The third-order valence-electron chi connectivity index (χ3n) is 5.23. The largest absolute Gasteiger partial charge is 0.497 e. The topological polar surface area (TPSA) is 108 Å². The molecule has 35 heavy (non-hydrogen) atoms. The number of nitrogens with zero attached hydrogens (tertiary/aromatic N) is 3. The normalized spacial score (nSPS) is 11.3. The molecular formula is C24H23N3O6S2. The van der Waals surface area contributed by atoms with Gasteiger partial charge in [-0.05, 0) is 48.0 Å². The summed E-state index contributed by atoms with van der Waals surface area (Å²) < 4.78 is 42.7. The van der Waals surface area contributed by atoms with Crippen molar-refractivity contribution in [1.82, 2.24) is 9.97 Å². The van der Waals surface area contributed by atoms with Crippen LogP contribution in [0.5, 0.6) is 17.2 Å². The number of carbonyl (C=O) groups is 1. The number of sulfone groups is 1. The molecule has 0 aliphatic carbocycles. The van der Waals surface area contributed by atoms with Crippen LogP contribution >= 0.6 is 11.3 Å². The van der Waals surface area contributed by atoms with Crippen LogP contribution in [0.3, 0.4) is 0 Å². The maximum absolute atomic E-state index is 13.5. The molecule has 0 radical (unpaired) electrons. The average Bonchev–Trinajstić information content (AvgIpc) is 3.32. The van der Waals surface area contributed by atoms with Gasteiger partial charge in [0.15, 0.2) is 15.0 Å². The Morgan fingerprint density at radius 3 is 2.31 bits per heavy atom. The highest BCUT2D eigenvalue weighted by atomic mass is 32.2. The predicted octanol–water partition coefficient (Wildman–Crippen LogP) is 3.72. The Hall–Kier alpha value is -3.70. The van der Waals surface area contributed by atoms with Gasteiger partial charge in [0.1, 0.15) is 33.2 Å². The summed E-state index contributed by atoms with van der Waals surface area (Å²) in [4.78, 5) is 23.6. The minimum absolute atomic E-state index is 0.0283. The molecule has 182 valence electrons. The summed E-state index contributed by atoms with van der Waals surface area (Å²) in [6, 6.07) is 12.9. The van der Waals surface area contributed by atoms with Crippen LogP contribution in [0.2, 0.25) is 0 Å². The van der Waals surface area contributed by atoms with Crippen molar-refractivity contribution in [1.29, 1.82) is 0 Å². The van der Waals surface area contributed by atoms with Gasteiger partial charge in [-0.15, -0.1) is 0 Å². The fraction of sp³-hybridized carbons (Fsp3) is 0.208. The molecule has 4 aromatic rings. The maximum Gasteiger partial charge on any atom is 0.244 e. The Balaban J connectivity index is 1.73. The molecule has 0 saturated heterocycles. The number of pyridine rings is 1. The fourth-order valence-corrected chi connectivity index (χ4v) is 5.72. The summed E-state index contributed by atoms with van der Waals surface area (Å²) in [6.07, 6.45) is 3.24.